The molecule has 0 aliphatic rings. The van der Waals surface area contributed by atoms with Crippen LogP contribution in [-0.4, -0.2) is 17.5 Å². The highest BCUT2D eigenvalue weighted by molar-refractivity contribution is 5.89. The number of hydrogen-bond acceptors (Lipinski definition) is 3. The molecule has 0 aliphatic carbocycles. The van der Waals surface area contributed by atoms with Crippen molar-refractivity contribution in [1.82, 2.24) is 4.98 Å². The fraction of sp³-hybridized carbons (Fsp3) is 0.200. The standard InChI is InChI=1S/C15H14F2N2O2/c16-11-9-13(17)15(18-10-11)19-14(20)7-4-8-21-12-5-2-1-3-6-12/h1-3,5-6,9-10H,4,7-8H2,(H,18,19,20). The van der Waals surface area contributed by atoms with Gasteiger partial charge in [0.2, 0.25) is 5.91 Å². The second-order valence-electron chi connectivity index (χ2n) is 4.30. The van der Waals surface area contributed by atoms with Gasteiger partial charge in [0.05, 0.1) is 12.8 Å². The van der Waals surface area contributed by atoms with Crippen LogP contribution >= 0.6 is 0 Å². The number of carbonyl (C=O) groups is 1. The molecule has 1 N–H and O–H groups in total. The summed E-state index contributed by atoms with van der Waals surface area (Å²) in [6, 6.07) is 9.89. The van der Waals surface area contributed by atoms with E-state index in [9.17, 15) is 13.6 Å². The Labute approximate surface area is 120 Å². The summed E-state index contributed by atoms with van der Waals surface area (Å²) in [7, 11) is 0. The minimum atomic E-state index is -0.899. The van der Waals surface area contributed by atoms with Crippen molar-refractivity contribution in [2.45, 2.75) is 12.8 Å². The third kappa shape index (κ3) is 4.83. The third-order valence-electron chi connectivity index (χ3n) is 2.63. The minimum absolute atomic E-state index is 0.158. The number of nitrogens with one attached hydrogen (secondary N) is 1. The van der Waals surface area contributed by atoms with Crippen LogP contribution in [0.25, 0.3) is 0 Å². The zero-order valence-corrected chi connectivity index (χ0v) is 11.2. The van der Waals surface area contributed by atoms with Gasteiger partial charge in [-0.1, -0.05) is 18.2 Å². The highest BCUT2D eigenvalue weighted by atomic mass is 19.1. The SMILES string of the molecule is O=C(CCCOc1ccccc1)Nc1ncc(F)cc1F. The third-order valence-corrected chi connectivity index (χ3v) is 2.63. The summed E-state index contributed by atoms with van der Waals surface area (Å²) in [5.41, 5.74) is 0. The van der Waals surface area contributed by atoms with E-state index in [2.05, 4.69) is 10.3 Å². The lowest BCUT2D eigenvalue weighted by atomic mass is 10.3. The van der Waals surface area contributed by atoms with Gasteiger partial charge in [0.15, 0.2) is 11.6 Å². The molecule has 0 aliphatic heterocycles. The molecule has 0 fully saturated rings. The predicted octanol–water partition coefficient (Wildman–Crippen LogP) is 3.16. The quantitative estimate of drug-likeness (QED) is 0.832. The van der Waals surface area contributed by atoms with Gasteiger partial charge in [-0.3, -0.25) is 4.79 Å². The minimum Gasteiger partial charge on any atom is -0.494 e. The lowest BCUT2D eigenvalue weighted by Gasteiger charge is -2.07. The molecule has 0 unspecified atom stereocenters. The van der Waals surface area contributed by atoms with Gasteiger partial charge in [-0.05, 0) is 18.6 Å². The van der Waals surface area contributed by atoms with Crippen LogP contribution < -0.4 is 10.1 Å². The molecule has 0 spiro atoms. The van der Waals surface area contributed by atoms with Gasteiger partial charge in [-0.15, -0.1) is 0 Å². The number of rotatable bonds is 6. The highest BCUT2D eigenvalue weighted by Gasteiger charge is 2.09. The number of para-hydroxylation sites is 1. The predicted molar refractivity (Wildman–Crippen MR) is 74.0 cm³/mol. The second kappa shape index (κ2) is 7.33. The van der Waals surface area contributed by atoms with Crippen molar-refractivity contribution < 1.29 is 18.3 Å². The summed E-state index contributed by atoms with van der Waals surface area (Å²) < 4.78 is 31.4. The normalized spacial score (nSPS) is 10.2. The summed E-state index contributed by atoms with van der Waals surface area (Å²) in [4.78, 5) is 15.1. The lowest BCUT2D eigenvalue weighted by molar-refractivity contribution is -0.116. The van der Waals surface area contributed by atoms with E-state index in [1.54, 1.807) is 0 Å². The maximum absolute atomic E-state index is 13.3. The van der Waals surface area contributed by atoms with Crippen LogP contribution in [0.2, 0.25) is 0 Å². The molecule has 0 radical (unpaired) electrons. The summed E-state index contributed by atoms with van der Waals surface area (Å²) >= 11 is 0. The fourth-order valence-electron chi connectivity index (χ4n) is 1.64. The Balaban J connectivity index is 1.72. The molecule has 1 heterocycles. The molecule has 110 valence electrons. The van der Waals surface area contributed by atoms with Gasteiger partial charge in [-0.25, -0.2) is 13.8 Å². The van der Waals surface area contributed by atoms with Crippen LogP contribution in [0.4, 0.5) is 14.6 Å². The molecule has 0 saturated heterocycles. The topological polar surface area (TPSA) is 51.2 Å². The van der Waals surface area contributed by atoms with Crippen molar-refractivity contribution in [2.24, 2.45) is 0 Å². The molecular formula is C15H14F2N2O2. The summed E-state index contributed by atoms with van der Waals surface area (Å²) in [5, 5.41) is 2.29. The Morgan fingerprint density at radius 2 is 2.00 bits per heavy atom. The monoisotopic (exact) mass is 292 g/mol. The molecular weight excluding hydrogens is 278 g/mol. The van der Waals surface area contributed by atoms with Crippen LogP contribution in [0.5, 0.6) is 5.75 Å². The molecule has 0 atom stereocenters. The molecule has 1 aromatic heterocycles. The van der Waals surface area contributed by atoms with E-state index in [0.717, 1.165) is 11.9 Å². The number of halogens is 2. The van der Waals surface area contributed by atoms with E-state index >= 15 is 0 Å². The number of amides is 1. The Morgan fingerprint density at radius 1 is 1.24 bits per heavy atom. The fourth-order valence-corrected chi connectivity index (χ4v) is 1.64. The molecule has 1 amide bonds. The number of aromatic nitrogens is 1. The average Bonchev–Trinajstić information content (AvgIpc) is 2.48. The zero-order valence-electron chi connectivity index (χ0n) is 11.2. The largest absolute Gasteiger partial charge is 0.494 e. The smallest absolute Gasteiger partial charge is 0.225 e. The van der Waals surface area contributed by atoms with Crippen molar-refractivity contribution in [3.8, 4) is 5.75 Å². The van der Waals surface area contributed by atoms with Crippen molar-refractivity contribution in [1.29, 1.82) is 0 Å². The first-order chi connectivity index (χ1) is 10.1. The van der Waals surface area contributed by atoms with E-state index in [4.69, 9.17) is 4.74 Å². The maximum Gasteiger partial charge on any atom is 0.225 e. The van der Waals surface area contributed by atoms with Crippen molar-refractivity contribution in [3.63, 3.8) is 0 Å². The number of carbonyl (C=O) groups excluding carboxylic acids is 1. The zero-order chi connectivity index (χ0) is 15.1. The molecule has 0 bridgehead atoms. The van der Waals surface area contributed by atoms with Gasteiger partial charge >= 0.3 is 0 Å². The summed E-state index contributed by atoms with van der Waals surface area (Å²) in [6.07, 6.45) is 1.48. The summed E-state index contributed by atoms with van der Waals surface area (Å²) in [6.45, 7) is 0.372. The van der Waals surface area contributed by atoms with Gasteiger partial charge < -0.3 is 10.1 Å². The molecule has 2 rings (SSSR count). The van der Waals surface area contributed by atoms with Gasteiger partial charge in [0, 0.05) is 12.5 Å². The van der Waals surface area contributed by atoms with Gasteiger partial charge in [-0.2, -0.15) is 0 Å². The van der Waals surface area contributed by atoms with Crippen LogP contribution in [-0.2, 0) is 4.79 Å². The Morgan fingerprint density at radius 3 is 2.71 bits per heavy atom. The van der Waals surface area contributed by atoms with Crippen LogP contribution in [0, 0.1) is 11.6 Å². The number of pyridine rings is 1. The molecule has 1 aromatic carbocycles. The average molecular weight is 292 g/mol. The number of anilines is 1. The molecule has 21 heavy (non-hydrogen) atoms. The van der Waals surface area contributed by atoms with E-state index in [1.807, 2.05) is 30.3 Å². The van der Waals surface area contributed by atoms with Crippen molar-refractivity contribution >= 4 is 11.7 Å². The van der Waals surface area contributed by atoms with E-state index in [-0.39, 0.29) is 12.2 Å². The van der Waals surface area contributed by atoms with Crippen molar-refractivity contribution in [3.05, 3.63) is 54.2 Å². The highest BCUT2D eigenvalue weighted by Crippen LogP contribution is 2.12. The second-order valence-corrected chi connectivity index (χ2v) is 4.30. The van der Waals surface area contributed by atoms with Crippen LogP contribution in [0.15, 0.2) is 42.6 Å². The number of hydrogen-bond donors (Lipinski definition) is 1. The van der Waals surface area contributed by atoms with Crippen LogP contribution in [0.1, 0.15) is 12.8 Å². The maximum atomic E-state index is 13.3. The first-order valence-electron chi connectivity index (χ1n) is 6.44. The number of benzene rings is 1. The van der Waals surface area contributed by atoms with E-state index < -0.39 is 17.5 Å². The lowest BCUT2D eigenvalue weighted by Crippen LogP contribution is -2.15. The Bertz CT molecular complexity index is 606. The van der Waals surface area contributed by atoms with Gasteiger partial charge in [0.25, 0.3) is 0 Å². The number of ether oxygens (including phenoxy) is 1. The van der Waals surface area contributed by atoms with Crippen molar-refractivity contribution in [2.75, 3.05) is 11.9 Å². The molecule has 6 heteroatoms. The Kier molecular flexibility index (Phi) is 5.20. The molecule has 4 nitrogen and oxygen atoms in total. The molecule has 2 aromatic rings. The first-order valence-corrected chi connectivity index (χ1v) is 6.44. The number of nitrogens with zero attached hydrogens (tertiary/aromatic N) is 1. The Hall–Kier alpha value is -2.50. The van der Waals surface area contributed by atoms with Crippen LogP contribution in [0.3, 0.4) is 0 Å². The first kappa shape index (κ1) is 14.9. The van der Waals surface area contributed by atoms with E-state index in [0.29, 0.717) is 19.1 Å². The molecule has 0 saturated carbocycles. The van der Waals surface area contributed by atoms with Gasteiger partial charge in [0.1, 0.15) is 11.6 Å². The van der Waals surface area contributed by atoms with E-state index in [1.165, 1.54) is 0 Å². The summed E-state index contributed by atoms with van der Waals surface area (Å²) in [5.74, 6) is -1.63.